The molecule has 1 rings (SSSR count). The molecule has 0 unspecified atom stereocenters. The van der Waals surface area contributed by atoms with E-state index < -0.39 is 4.92 Å². The van der Waals surface area contributed by atoms with E-state index >= 15 is 0 Å². The lowest BCUT2D eigenvalue weighted by Crippen LogP contribution is -2.04. The van der Waals surface area contributed by atoms with Gasteiger partial charge in [0.25, 0.3) is 5.69 Å². The molecule has 5 heteroatoms. The van der Waals surface area contributed by atoms with Crippen LogP contribution < -0.4 is 4.72 Å². The molecule has 1 aromatic rings. The van der Waals surface area contributed by atoms with Crippen LogP contribution in [0.3, 0.4) is 0 Å². The van der Waals surface area contributed by atoms with Gasteiger partial charge in [0.1, 0.15) is 0 Å². The van der Waals surface area contributed by atoms with Crippen molar-refractivity contribution in [3.63, 3.8) is 0 Å². The predicted molar refractivity (Wildman–Crippen MR) is 53.8 cm³/mol. The molecule has 0 spiro atoms. The van der Waals surface area contributed by atoms with Gasteiger partial charge in [-0.1, -0.05) is 24.9 Å². The molecule has 0 fully saturated rings. The minimum absolute atomic E-state index is 0.127. The van der Waals surface area contributed by atoms with Gasteiger partial charge in [0.2, 0.25) is 0 Å². The molecule has 0 saturated heterocycles. The van der Waals surface area contributed by atoms with Crippen LogP contribution in [0.1, 0.15) is 5.56 Å². The zero-order valence-corrected chi connectivity index (χ0v) is 7.83. The van der Waals surface area contributed by atoms with E-state index in [2.05, 4.69) is 17.5 Å². The van der Waals surface area contributed by atoms with Crippen molar-refractivity contribution in [3.05, 3.63) is 39.9 Å². The molecule has 0 radical (unpaired) electrons. The fourth-order valence-corrected chi connectivity index (χ4v) is 1.10. The lowest BCUT2D eigenvalue weighted by Gasteiger charge is -1.98. The second-order valence-corrected chi connectivity index (χ2v) is 2.90. The summed E-state index contributed by atoms with van der Waals surface area (Å²) in [6.07, 6.45) is 0.821. The van der Waals surface area contributed by atoms with Crippen LogP contribution in [0.4, 0.5) is 5.69 Å². The Morgan fingerprint density at radius 2 is 2.00 bits per heavy atom. The first-order valence-corrected chi connectivity index (χ1v) is 4.29. The summed E-state index contributed by atoms with van der Waals surface area (Å²) in [6, 6.07) is 6.52. The number of hydrogen-bond acceptors (Lipinski definition) is 4. The zero-order valence-electron chi connectivity index (χ0n) is 6.93. The fraction of sp³-hybridized carbons (Fsp3) is 0.250. The fourth-order valence-electron chi connectivity index (χ4n) is 0.985. The van der Waals surface area contributed by atoms with E-state index in [-0.39, 0.29) is 5.69 Å². The normalized spacial score (nSPS) is 9.92. The van der Waals surface area contributed by atoms with Gasteiger partial charge in [-0.25, -0.2) is 0 Å². The van der Waals surface area contributed by atoms with Crippen molar-refractivity contribution in [2.24, 2.45) is 0 Å². The lowest BCUT2D eigenvalue weighted by atomic mass is 10.1. The van der Waals surface area contributed by atoms with Crippen molar-refractivity contribution in [1.82, 2.24) is 4.72 Å². The molecule has 13 heavy (non-hydrogen) atoms. The topological polar surface area (TPSA) is 55.2 Å². The van der Waals surface area contributed by atoms with Gasteiger partial charge in [-0.3, -0.25) is 14.8 Å². The number of nitrogens with one attached hydrogen (secondary N) is 1. The molecule has 1 aromatic carbocycles. The summed E-state index contributed by atoms with van der Waals surface area (Å²) in [4.78, 5) is 9.91. The summed E-state index contributed by atoms with van der Waals surface area (Å²) in [6.45, 7) is 0.751. The van der Waals surface area contributed by atoms with Gasteiger partial charge in [-0.2, -0.15) is 0 Å². The van der Waals surface area contributed by atoms with E-state index in [9.17, 15) is 10.1 Å². The van der Waals surface area contributed by atoms with E-state index in [0.717, 1.165) is 18.5 Å². The summed E-state index contributed by atoms with van der Waals surface area (Å²) in [5, 5.41) is 10.3. The van der Waals surface area contributed by atoms with Crippen LogP contribution in [0.15, 0.2) is 24.3 Å². The predicted octanol–water partition coefficient (Wildman–Crippen LogP) is 1.57. The SMILES string of the molecule is O=[N+]([O-])c1ccc(CCNS)cc1. The number of hydrogen-bond donors (Lipinski definition) is 2. The Morgan fingerprint density at radius 1 is 1.38 bits per heavy atom. The quantitative estimate of drug-likeness (QED) is 0.438. The molecule has 0 aliphatic rings. The zero-order chi connectivity index (χ0) is 9.68. The Hall–Kier alpha value is -1.07. The Labute approximate surface area is 81.7 Å². The minimum atomic E-state index is -0.402. The highest BCUT2D eigenvalue weighted by Crippen LogP contribution is 2.11. The van der Waals surface area contributed by atoms with E-state index in [1.165, 1.54) is 12.1 Å². The van der Waals surface area contributed by atoms with Crippen LogP contribution in [-0.4, -0.2) is 11.5 Å². The Morgan fingerprint density at radius 3 is 2.46 bits per heavy atom. The minimum Gasteiger partial charge on any atom is -0.266 e. The number of benzene rings is 1. The van der Waals surface area contributed by atoms with Crippen LogP contribution >= 0.6 is 12.8 Å². The van der Waals surface area contributed by atoms with Crippen LogP contribution in [0.5, 0.6) is 0 Å². The molecule has 0 bridgehead atoms. The Kier molecular flexibility index (Phi) is 3.72. The number of non-ortho nitro benzene ring substituents is 1. The summed E-state index contributed by atoms with van der Waals surface area (Å²) in [5.41, 5.74) is 1.19. The van der Waals surface area contributed by atoms with Gasteiger partial charge in [0.15, 0.2) is 0 Å². The van der Waals surface area contributed by atoms with E-state index in [0.29, 0.717) is 0 Å². The first-order chi connectivity index (χ1) is 6.24. The maximum Gasteiger partial charge on any atom is 0.269 e. The molecule has 0 atom stereocenters. The number of nitro benzene ring substituents is 1. The highest BCUT2D eigenvalue weighted by molar-refractivity contribution is 7.78. The first kappa shape index (κ1) is 10.0. The lowest BCUT2D eigenvalue weighted by molar-refractivity contribution is -0.384. The maximum atomic E-state index is 10.3. The Bertz CT molecular complexity index is 287. The molecule has 0 heterocycles. The molecule has 0 aliphatic heterocycles. The molecule has 0 aromatic heterocycles. The van der Waals surface area contributed by atoms with Crippen LogP contribution in [-0.2, 0) is 6.42 Å². The van der Waals surface area contributed by atoms with Gasteiger partial charge in [0.05, 0.1) is 4.92 Å². The summed E-state index contributed by atoms with van der Waals surface area (Å²) in [7, 11) is 0. The van der Waals surface area contributed by atoms with Crippen molar-refractivity contribution < 1.29 is 4.92 Å². The van der Waals surface area contributed by atoms with Gasteiger partial charge in [-0.15, -0.1) is 0 Å². The molecule has 0 saturated carbocycles. The number of nitrogens with zero attached hydrogens (tertiary/aromatic N) is 1. The molecule has 0 amide bonds. The van der Waals surface area contributed by atoms with Crippen molar-refractivity contribution >= 4 is 18.5 Å². The summed E-state index contributed by atoms with van der Waals surface area (Å²) >= 11 is 3.85. The van der Waals surface area contributed by atoms with Crippen LogP contribution in [0, 0.1) is 10.1 Å². The Balaban J connectivity index is 2.64. The number of nitro groups is 1. The molecule has 4 nitrogen and oxygen atoms in total. The van der Waals surface area contributed by atoms with Crippen LogP contribution in [0.2, 0.25) is 0 Å². The van der Waals surface area contributed by atoms with E-state index in [1.807, 2.05) is 0 Å². The smallest absolute Gasteiger partial charge is 0.266 e. The summed E-state index contributed by atoms with van der Waals surface area (Å²) in [5.74, 6) is 0. The van der Waals surface area contributed by atoms with Crippen molar-refractivity contribution in [1.29, 1.82) is 0 Å². The molecular weight excluding hydrogens is 188 g/mol. The number of rotatable bonds is 4. The third-order valence-electron chi connectivity index (χ3n) is 1.67. The van der Waals surface area contributed by atoms with Crippen molar-refractivity contribution in [2.75, 3.05) is 6.54 Å². The highest BCUT2D eigenvalue weighted by atomic mass is 32.1. The van der Waals surface area contributed by atoms with E-state index in [1.54, 1.807) is 12.1 Å². The van der Waals surface area contributed by atoms with E-state index in [4.69, 9.17) is 0 Å². The largest absolute Gasteiger partial charge is 0.269 e. The maximum absolute atomic E-state index is 10.3. The van der Waals surface area contributed by atoms with Gasteiger partial charge < -0.3 is 0 Å². The molecular formula is C8H10N2O2S. The standard InChI is InChI=1S/C8H10N2O2S/c11-10(12)8-3-1-7(2-4-8)5-6-9-13/h1-4,9,13H,5-6H2. The second kappa shape index (κ2) is 4.84. The number of thiol groups is 1. The molecule has 1 N–H and O–H groups in total. The van der Waals surface area contributed by atoms with Gasteiger partial charge >= 0.3 is 0 Å². The monoisotopic (exact) mass is 198 g/mol. The highest BCUT2D eigenvalue weighted by Gasteiger charge is 2.02. The van der Waals surface area contributed by atoms with Crippen molar-refractivity contribution in [3.8, 4) is 0 Å². The van der Waals surface area contributed by atoms with Crippen LogP contribution in [0.25, 0.3) is 0 Å². The third kappa shape index (κ3) is 3.04. The average Bonchev–Trinajstić information content (AvgIpc) is 2.15. The second-order valence-electron chi connectivity index (χ2n) is 2.58. The third-order valence-corrected chi connectivity index (χ3v) is 1.90. The molecule has 0 aliphatic carbocycles. The first-order valence-electron chi connectivity index (χ1n) is 3.84. The summed E-state index contributed by atoms with van der Waals surface area (Å²) < 4.78 is 2.71. The van der Waals surface area contributed by atoms with Gasteiger partial charge in [0, 0.05) is 18.7 Å². The molecule has 70 valence electrons. The average molecular weight is 198 g/mol. The van der Waals surface area contributed by atoms with Crippen molar-refractivity contribution in [2.45, 2.75) is 6.42 Å². The van der Waals surface area contributed by atoms with Gasteiger partial charge in [-0.05, 0) is 12.0 Å².